The van der Waals surface area contributed by atoms with Crippen LogP contribution in [0.25, 0.3) is 55.2 Å². The molecule has 7 rings (SSSR count). The van der Waals surface area contributed by atoms with Crippen LogP contribution in [0.15, 0.2) is 77.6 Å². The number of aromatic hydroxyl groups is 1. The Balaban J connectivity index is 1.51. The standard InChI is InChI=1S/C30H25N5O2/c36-21-14-10-18(11-15-21)27-26-24(22-6-2-3-7-23(22)31-30(26)37)25-28(33-34-29(25)32-27)19-8-12-20(13-9-19)35-16-4-1-5-17-35/h2-3,6-15,36H,1,4-5,16-17H2,(H,31,37)(H,32,33,34). The van der Waals surface area contributed by atoms with E-state index in [4.69, 9.17) is 4.98 Å². The zero-order valence-corrected chi connectivity index (χ0v) is 20.2. The largest absolute Gasteiger partial charge is 0.508 e. The van der Waals surface area contributed by atoms with Crippen molar-refractivity contribution in [3.05, 3.63) is 83.2 Å². The number of fused-ring (bicyclic) bond motifs is 5. The van der Waals surface area contributed by atoms with Crippen LogP contribution >= 0.6 is 0 Å². The van der Waals surface area contributed by atoms with Crippen molar-refractivity contribution in [2.45, 2.75) is 19.3 Å². The number of pyridine rings is 2. The third kappa shape index (κ3) is 3.54. The van der Waals surface area contributed by atoms with Gasteiger partial charge in [-0.15, -0.1) is 0 Å². The van der Waals surface area contributed by atoms with Gasteiger partial charge in [-0.25, -0.2) is 4.98 Å². The van der Waals surface area contributed by atoms with E-state index >= 15 is 0 Å². The molecule has 0 atom stereocenters. The van der Waals surface area contributed by atoms with E-state index in [1.54, 1.807) is 24.3 Å². The zero-order valence-electron chi connectivity index (χ0n) is 20.2. The smallest absolute Gasteiger partial charge is 0.258 e. The summed E-state index contributed by atoms with van der Waals surface area (Å²) in [5.74, 6) is 0.156. The molecule has 37 heavy (non-hydrogen) atoms. The number of aromatic amines is 2. The first-order valence-electron chi connectivity index (χ1n) is 12.6. The molecule has 3 aromatic heterocycles. The molecule has 0 spiro atoms. The van der Waals surface area contributed by atoms with Crippen LogP contribution in [0.4, 0.5) is 5.69 Å². The number of benzene rings is 3. The van der Waals surface area contributed by atoms with Crippen molar-refractivity contribution in [3.63, 3.8) is 0 Å². The van der Waals surface area contributed by atoms with Crippen LogP contribution in [0.3, 0.4) is 0 Å². The van der Waals surface area contributed by atoms with Gasteiger partial charge in [-0.3, -0.25) is 9.89 Å². The van der Waals surface area contributed by atoms with E-state index in [9.17, 15) is 9.90 Å². The summed E-state index contributed by atoms with van der Waals surface area (Å²) >= 11 is 0. The van der Waals surface area contributed by atoms with Crippen molar-refractivity contribution in [1.82, 2.24) is 20.2 Å². The number of aromatic nitrogens is 4. The molecule has 0 unspecified atom stereocenters. The third-order valence-corrected chi connectivity index (χ3v) is 7.39. The normalized spacial score (nSPS) is 14.1. The molecule has 3 N–H and O–H groups in total. The Morgan fingerprint density at radius 2 is 1.51 bits per heavy atom. The summed E-state index contributed by atoms with van der Waals surface area (Å²) in [6.45, 7) is 2.19. The number of piperidine rings is 1. The average Bonchev–Trinajstić information content (AvgIpc) is 3.37. The number of anilines is 1. The molecular formula is C30H25N5O2. The molecule has 0 amide bonds. The molecule has 1 fully saturated rings. The molecule has 1 aliphatic rings. The lowest BCUT2D eigenvalue weighted by Gasteiger charge is -2.28. The van der Waals surface area contributed by atoms with E-state index < -0.39 is 0 Å². The molecule has 1 saturated heterocycles. The van der Waals surface area contributed by atoms with Crippen LogP contribution in [0.1, 0.15) is 19.3 Å². The Morgan fingerprint density at radius 3 is 2.30 bits per heavy atom. The summed E-state index contributed by atoms with van der Waals surface area (Å²) in [5.41, 5.74) is 5.43. The van der Waals surface area contributed by atoms with Gasteiger partial charge in [0.05, 0.1) is 22.2 Å². The van der Waals surface area contributed by atoms with Crippen molar-refractivity contribution in [2.75, 3.05) is 18.0 Å². The average molecular weight is 488 g/mol. The minimum absolute atomic E-state index is 0.156. The van der Waals surface area contributed by atoms with Crippen molar-refractivity contribution in [1.29, 1.82) is 0 Å². The molecule has 3 aromatic carbocycles. The summed E-state index contributed by atoms with van der Waals surface area (Å²) in [7, 11) is 0. The Kier molecular flexibility index (Phi) is 4.96. The van der Waals surface area contributed by atoms with Gasteiger partial charge in [0.25, 0.3) is 5.56 Å². The minimum atomic E-state index is -0.209. The first-order valence-corrected chi connectivity index (χ1v) is 12.6. The van der Waals surface area contributed by atoms with Gasteiger partial charge in [-0.1, -0.05) is 30.3 Å². The van der Waals surface area contributed by atoms with Crippen LogP contribution in [0, 0.1) is 0 Å². The molecule has 7 heteroatoms. The monoisotopic (exact) mass is 487 g/mol. The maximum atomic E-state index is 13.5. The van der Waals surface area contributed by atoms with Crippen LogP contribution < -0.4 is 10.5 Å². The highest BCUT2D eigenvalue weighted by molar-refractivity contribution is 6.23. The fourth-order valence-electron chi connectivity index (χ4n) is 5.57. The first-order chi connectivity index (χ1) is 18.2. The second kappa shape index (κ2) is 8.48. The van der Waals surface area contributed by atoms with Crippen LogP contribution in [0.5, 0.6) is 5.75 Å². The number of hydrogen-bond donors (Lipinski definition) is 3. The summed E-state index contributed by atoms with van der Waals surface area (Å²) in [6, 6.07) is 23.1. The number of phenolic OH excluding ortho intramolecular Hbond substituents is 1. The van der Waals surface area contributed by atoms with Gasteiger partial charge in [0.2, 0.25) is 0 Å². The fourth-order valence-corrected chi connectivity index (χ4v) is 5.57. The molecule has 0 bridgehead atoms. The number of rotatable bonds is 3. The maximum Gasteiger partial charge on any atom is 0.258 e. The van der Waals surface area contributed by atoms with Crippen LogP contribution in [-0.4, -0.2) is 38.4 Å². The zero-order chi connectivity index (χ0) is 24.9. The molecule has 0 aliphatic carbocycles. The van der Waals surface area contributed by atoms with E-state index in [1.165, 1.54) is 24.9 Å². The predicted molar refractivity (Wildman–Crippen MR) is 148 cm³/mol. The molecule has 0 saturated carbocycles. The van der Waals surface area contributed by atoms with Gasteiger partial charge in [0.1, 0.15) is 5.75 Å². The molecule has 182 valence electrons. The number of nitrogens with zero attached hydrogens (tertiary/aromatic N) is 3. The van der Waals surface area contributed by atoms with Gasteiger partial charge in [0.15, 0.2) is 5.65 Å². The van der Waals surface area contributed by atoms with Crippen molar-refractivity contribution in [2.24, 2.45) is 0 Å². The summed E-state index contributed by atoms with van der Waals surface area (Å²) < 4.78 is 0. The van der Waals surface area contributed by atoms with Gasteiger partial charge >= 0.3 is 0 Å². The summed E-state index contributed by atoms with van der Waals surface area (Å²) in [4.78, 5) is 23.8. The summed E-state index contributed by atoms with van der Waals surface area (Å²) in [5, 5.41) is 20.7. The number of para-hydroxylation sites is 1. The van der Waals surface area contributed by atoms with E-state index in [-0.39, 0.29) is 11.3 Å². The van der Waals surface area contributed by atoms with E-state index in [2.05, 4.69) is 44.3 Å². The lowest BCUT2D eigenvalue weighted by Crippen LogP contribution is -2.29. The quantitative estimate of drug-likeness (QED) is 0.267. The minimum Gasteiger partial charge on any atom is -0.508 e. The first kappa shape index (κ1) is 21.6. The van der Waals surface area contributed by atoms with E-state index in [0.29, 0.717) is 16.7 Å². The SMILES string of the molecule is O=c1[nH]c2ccccc2c2c1c(-c1ccc(O)cc1)nc1n[nH]c(-c3ccc(N4CCCCC4)cc3)c12. The van der Waals surface area contributed by atoms with E-state index in [0.717, 1.165) is 51.6 Å². The van der Waals surface area contributed by atoms with Gasteiger partial charge in [-0.05, 0) is 61.7 Å². The van der Waals surface area contributed by atoms with Crippen molar-refractivity contribution < 1.29 is 5.11 Å². The van der Waals surface area contributed by atoms with Crippen molar-refractivity contribution in [3.8, 4) is 28.3 Å². The Bertz CT molecular complexity index is 1830. The highest BCUT2D eigenvalue weighted by Crippen LogP contribution is 2.38. The molecule has 4 heterocycles. The van der Waals surface area contributed by atoms with Crippen molar-refractivity contribution >= 4 is 38.4 Å². The molecule has 1 aliphatic heterocycles. The lowest BCUT2D eigenvalue weighted by molar-refractivity contribution is 0.475. The highest BCUT2D eigenvalue weighted by atomic mass is 16.3. The van der Waals surface area contributed by atoms with Gasteiger partial charge in [-0.2, -0.15) is 5.10 Å². The maximum absolute atomic E-state index is 13.5. The Labute approximate surface area is 212 Å². The van der Waals surface area contributed by atoms with Crippen LogP contribution in [-0.2, 0) is 0 Å². The second-order valence-corrected chi connectivity index (χ2v) is 9.65. The lowest BCUT2D eigenvalue weighted by atomic mass is 9.97. The van der Waals surface area contributed by atoms with Crippen LogP contribution in [0.2, 0.25) is 0 Å². The van der Waals surface area contributed by atoms with Gasteiger partial charge < -0.3 is 15.0 Å². The number of hydrogen-bond acceptors (Lipinski definition) is 5. The predicted octanol–water partition coefficient (Wildman–Crippen LogP) is 5.98. The van der Waals surface area contributed by atoms with Gasteiger partial charge in [0, 0.05) is 46.2 Å². The number of H-pyrrole nitrogens is 2. The number of nitrogens with one attached hydrogen (secondary N) is 2. The molecular weight excluding hydrogens is 462 g/mol. The Hall–Kier alpha value is -4.65. The Morgan fingerprint density at radius 1 is 0.784 bits per heavy atom. The summed E-state index contributed by atoms with van der Waals surface area (Å²) in [6.07, 6.45) is 3.76. The van der Waals surface area contributed by atoms with E-state index in [1.807, 2.05) is 24.3 Å². The highest BCUT2D eigenvalue weighted by Gasteiger charge is 2.21. The fraction of sp³-hybridized carbons (Fsp3) is 0.167. The topological polar surface area (TPSA) is 97.9 Å². The number of phenols is 1. The molecule has 7 nitrogen and oxygen atoms in total. The third-order valence-electron chi connectivity index (χ3n) is 7.39. The second-order valence-electron chi connectivity index (χ2n) is 9.65. The molecule has 6 aromatic rings. The molecule has 0 radical (unpaired) electrons.